The summed E-state index contributed by atoms with van der Waals surface area (Å²) in [6, 6.07) is 4.88. The molecule has 2 rings (SSSR count). The van der Waals surface area contributed by atoms with Crippen molar-refractivity contribution in [3.8, 4) is 11.1 Å². The summed E-state index contributed by atoms with van der Waals surface area (Å²) in [5, 5.41) is 9.36. The third-order valence-corrected chi connectivity index (χ3v) is 4.52. The zero-order valence-electron chi connectivity index (χ0n) is 14.4. The summed E-state index contributed by atoms with van der Waals surface area (Å²) in [4.78, 5) is 29.3. The van der Waals surface area contributed by atoms with Crippen molar-refractivity contribution in [2.24, 2.45) is 0 Å². The van der Waals surface area contributed by atoms with E-state index in [2.05, 4.69) is 4.98 Å². The molecule has 0 aliphatic rings. The van der Waals surface area contributed by atoms with Crippen LogP contribution >= 0.6 is 23.2 Å². The zero-order chi connectivity index (χ0) is 19.4. The second-order valence-electron chi connectivity index (χ2n) is 5.36. The Balaban J connectivity index is 2.89. The highest BCUT2D eigenvalue weighted by atomic mass is 35.5. The SMILES string of the molecule is COC(=O)c1c(C)nc(C)c(C(=O)OCCO)c1-c1cccc(Cl)c1Cl. The smallest absolute Gasteiger partial charge is 0.340 e. The van der Waals surface area contributed by atoms with Crippen molar-refractivity contribution in [2.45, 2.75) is 13.8 Å². The first-order chi connectivity index (χ1) is 12.3. The highest BCUT2D eigenvalue weighted by Crippen LogP contribution is 2.39. The highest BCUT2D eigenvalue weighted by molar-refractivity contribution is 6.44. The molecule has 0 aliphatic heterocycles. The molecule has 0 fully saturated rings. The normalized spacial score (nSPS) is 10.5. The number of hydrogen-bond donors (Lipinski definition) is 1. The average molecular weight is 398 g/mol. The largest absolute Gasteiger partial charge is 0.465 e. The van der Waals surface area contributed by atoms with Crippen molar-refractivity contribution in [1.29, 1.82) is 0 Å². The molecule has 0 saturated heterocycles. The summed E-state index contributed by atoms with van der Waals surface area (Å²) in [7, 11) is 1.23. The minimum Gasteiger partial charge on any atom is -0.465 e. The van der Waals surface area contributed by atoms with Gasteiger partial charge < -0.3 is 14.6 Å². The second-order valence-corrected chi connectivity index (χ2v) is 6.15. The molecule has 1 aromatic carbocycles. The quantitative estimate of drug-likeness (QED) is 0.775. The predicted molar refractivity (Wildman–Crippen MR) is 97.9 cm³/mol. The van der Waals surface area contributed by atoms with Gasteiger partial charge >= 0.3 is 11.9 Å². The van der Waals surface area contributed by atoms with Crippen molar-refractivity contribution in [3.63, 3.8) is 0 Å². The van der Waals surface area contributed by atoms with Crippen molar-refractivity contribution in [2.75, 3.05) is 20.3 Å². The molecule has 2 aromatic rings. The Hall–Kier alpha value is -2.15. The van der Waals surface area contributed by atoms with Gasteiger partial charge in [-0.2, -0.15) is 0 Å². The van der Waals surface area contributed by atoms with Gasteiger partial charge in [0.05, 0.1) is 46.3 Å². The number of carbonyl (C=O) groups is 2. The summed E-state index contributed by atoms with van der Waals surface area (Å²) in [6.45, 7) is 2.72. The van der Waals surface area contributed by atoms with Crippen LogP contribution in [0.15, 0.2) is 18.2 Å². The molecule has 6 nitrogen and oxygen atoms in total. The maximum atomic E-state index is 12.6. The molecule has 1 aromatic heterocycles. The molecule has 0 saturated carbocycles. The van der Waals surface area contributed by atoms with E-state index in [1.165, 1.54) is 7.11 Å². The standard InChI is InChI=1S/C18H17Cl2NO5/c1-9-13(17(23)25-3)15(11-5-4-6-12(19)16(11)20)14(10(2)21-9)18(24)26-8-7-22/h4-6,22H,7-8H2,1-3H3. The first-order valence-electron chi connectivity index (χ1n) is 7.65. The predicted octanol–water partition coefficient (Wildman–Crippen LogP) is 3.61. The van der Waals surface area contributed by atoms with Gasteiger partial charge in [0, 0.05) is 11.1 Å². The van der Waals surface area contributed by atoms with Crippen LogP contribution < -0.4 is 0 Å². The molecular formula is C18H17Cl2NO5. The number of aromatic nitrogens is 1. The van der Waals surface area contributed by atoms with Gasteiger partial charge in [0.25, 0.3) is 0 Å². The van der Waals surface area contributed by atoms with Crippen LogP contribution in [0, 0.1) is 13.8 Å². The van der Waals surface area contributed by atoms with Crippen LogP contribution in [0.2, 0.25) is 10.0 Å². The Morgan fingerprint density at radius 1 is 1.12 bits per heavy atom. The number of rotatable bonds is 5. The van der Waals surface area contributed by atoms with Crippen molar-refractivity contribution >= 4 is 35.1 Å². The van der Waals surface area contributed by atoms with Gasteiger partial charge in [-0.25, -0.2) is 9.59 Å². The minimum atomic E-state index is -0.736. The van der Waals surface area contributed by atoms with E-state index in [0.717, 1.165) is 0 Å². The number of halogens is 2. The maximum absolute atomic E-state index is 12.6. The lowest BCUT2D eigenvalue weighted by Crippen LogP contribution is -2.18. The van der Waals surface area contributed by atoms with Gasteiger partial charge in [0.1, 0.15) is 6.61 Å². The number of nitrogens with zero attached hydrogens (tertiary/aromatic N) is 1. The topological polar surface area (TPSA) is 85.7 Å². The van der Waals surface area contributed by atoms with E-state index in [4.69, 9.17) is 37.8 Å². The number of benzene rings is 1. The summed E-state index contributed by atoms with van der Waals surface area (Å²) in [6.07, 6.45) is 0. The zero-order valence-corrected chi connectivity index (χ0v) is 15.9. The molecule has 1 heterocycles. The van der Waals surface area contributed by atoms with Crippen molar-refractivity contribution in [1.82, 2.24) is 4.98 Å². The third-order valence-electron chi connectivity index (χ3n) is 3.70. The Labute approximate surface area is 160 Å². The number of aryl methyl sites for hydroxylation is 2. The van der Waals surface area contributed by atoms with E-state index in [-0.39, 0.29) is 39.9 Å². The Morgan fingerprint density at radius 3 is 2.31 bits per heavy atom. The number of ether oxygens (including phenoxy) is 2. The lowest BCUT2D eigenvalue weighted by atomic mass is 9.92. The number of carbonyl (C=O) groups excluding carboxylic acids is 2. The van der Waals surface area contributed by atoms with Crippen LogP contribution in [0.5, 0.6) is 0 Å². The van der Waals surface area contributed by atoms with Crippen molar-refractivity contribution < 1.29 is 24.2 Å². The number of aliphatic hydroxyl groups is 1. The van der Waals surface area contributed by atoms with E-state index < -0.39 is 11.9 Å². The number of methoxy groups -OCH3 is 1. The molecular weight excluding hydrogens is 381 g/mol. The second kappa shape index (κ2) is 8.49. The summed E-state index contributed by atoms with van der Waals surface area (Å²) in [5.74, 6) is -1.41. The fourth-order valence-electron chi connectivity index (χ4n) is 2.63. The lowest BCUT2D eigenvalue weighted by molar-refractivity contribution is 0.0433. The molecule has 0 amide bonds. The molecule has 26 heavy (non-hydrogen) atoms. The summed E-state index contributed by atoms with van der Waals surface area (Å²) < 4.78 is 9.90. The van der Waals surface area contributed by atoms with E-state index in [1.54, 1.807) is 32.0 Å². The average Bonchev–Trinajstić information content (AvgIpc) is 2.60. The molecule has 0 bridgehead atoms. The highest BCUT2D eigenvalue weighted by Gasteiger charge is 2.29. The molecule has 0 aliphatic carbocycles. The third kappa shape index (κ3) is 3.82. The molecule has 0 atom stereocenters. The Kier molecular flexibility index (Phi) is 6.58. The Morgan fingerprint density at radius 2 is 1.73 bits per heavy atom. The maximum Gasteiger partial charge on any atom is 0.340 e. The fourth-order valence-corrected chi connectivity index (χ4v) is 3.02. The van der Waals surface area contributed by atoms with E-state index >= 15 is 0 Å². The van der Waals surface area contributed by atoms with Gasteiger partial charge in [-0.3, -0.25) is 4.98 Å². The van der Waals surface area contributed by atoms with Crippen LogP contribution in [0.3, 0.4) is 0 Å². The van der Waals surface area contributed by atoms with Crippen LogP contribution in [0.25, 0.3) is 11.1 Å². The molecule has 1 N–H and O–H groups in total. The monoisotopic (exact) mass is 397 g/mol. The van der Waals surface area contributed by atoms with Gasteiger partial charge in [-0.1, -0.05) is 35.3 Å². The van der Waals surface area contributed by atoms with E-state index in [1.807, 2.05) is 0 Å². The van der Waals surface area contributed by atoms with Crippen LogP contribution in [-0.2, 0) is 9.47 Å². The van der Waals surface area contributed by atoms with Crippen LogP contribution in [0.4, 0.5) is 0 Å². The molecule has 138 valence electrons. The summed E-state index contributed by atoms with van der Waals surface area (Å²) >= 11 is 12.4. The first kappa shape index (κ1) is 20.2. The number of aliphatic hydroxyl groups excluding tert-OH is 1. The van der Waals surface area contributed by atoms with Gasteiger partial charge in [-0.15, -0.1) is 0 Å². The molecule has 0 unspecified atom stereocenters. The fraction of sp³-hybridized carbons (Fsp3) is 0.278. The van der Waals surface area contributed by atoms with Crippen LogP contribution in [-0.4, -0.2) is 42.4 Å². The molecule has 0 spiro atoms. The number of hydrogen-bond acceptors (Lipinski definition) is 6. The van der Waals surface area contributed by atoms with E-state index in [0.29, 0.717) is 17.0 Å². The van der Waals surface area contributed by atoms with Gasteiger partial charge in [-0.05, 0) is 19.9 Å². The van der Waals surface area contributed by atoms with Gasteiger partial charge in [0.2, 0.25) is 0 Å². The minimum absolute atomic E-state index is 0.0635. The first-order valence-corrected chi connectivity index (χ1v) is 8.40. The number of esters is 2. The number of pyridine rings is 1. The van der Waals surface area contributed by atoms with Crippen molar-refractivity contribution in [3.05, 3.63) is 50.8 Å². The van der Waals surface area contributed by atoms with Gasteiger partial charge in [0.15, 0.2) is 0 Å². The Bertz CT molecular complexity index is 867. The van der Waals surface area contributed by atoms with Crippen LogP contribution in [0.1, 0.15) is 32.1 Å². The summed E-state index contributed by atoms with van der Waals surface area (Å²) in [5.41, 5.74) is 1.50. The molecule has 0 radical (unpaired) electrons. The van der Waals surface area contributed by atoms with E-state index in [9.17, 15) is 9.59 Å². The lowest BCUT2D eigenvalue weighted by Gasteiger charge is -2.18. The molecule has 8 heteroatoms.